The van der Waals surface area contributed by atoms with Crippen molar-refractivity contribution in [3.05, 3.63) is 35.9 Å². The van der Waals surface area contributed by atoms with Crippen LogP contribution in [0.25, 0.3) is 0 Å². The van der Waals surface area contributed by atoms with Crippen molar-refractivity contribution in [2.75, 3.05) is 27.3 Å². The van der Waals surface area contributed by atoms with Crippen LogP contribution in [-0.4, -0.2) is 38.0 Å². The Morgan fingerprint density at radius 2 is 1.68 bits per heavy atom. The molecule has 1 aliphatic carbocycles. The van der Waals surface area contributed by atoms with Gasteiger partial charge in [-0.25, -0.2) is 0 Å². The topological polar surface area (TPSA) is 21.7 Å². The van der Waals surface area contributed by atoms with Gasteiger partial charge in [0.1, 0.15) is 0 Å². The third-order valence-electron chi connectivity index (χ3n) is 6.64. The van der Waals surface area contributed by atoms with Crippen LogP contribution in [0.3, 0.4) is 0 Å². The van der Waals surface area contributed by atoms with Gasteiger partial charge in [-0.1, -0.05) is 56.5 Å². The molecule has 1 heterocycles. The minimum absolute atomic E-state index is 0.0399. The first kappa shape index (κ1) is 18.9. The van der Waals surface area contributed by atoms with Gasteiger partial charge in [-0.05, 0) is 45.3 Å². The van der Waals surface area contributed by atoms with Gasteiger partial charge in [-0.15, -0.1) is 0 Å². The molecule has 1 aliphatic heterocycles. The van der Waals surface area contributed by atoms with Gasteiger partial charge in [-0.3, -0.25) is 4.90 Å². The molecule has 0 spiro atoms. The summed E-state index contributed by atoms with van der Waals surface area (Å²) in [6.07, 6.45) is 9.67. The highest BCUT2D eigenvalue weighted by molar-refractivity contribution is 5.24. The molecular formula is C22H35NO2. The van der Waals surface area contributed by atoms with Crippen molar-refractivity contribution in [1.82, 2.24) is 4.90 Å². The van der Waals surface area contributed by atoms with E-state index in [1.54, 1.807) is 0 Å². The quantitative estimate of drug-likeness (QED) is 0.697. The summed E-state index contributed by atoms with van der Waals surface area (Å²) in [5, 5.41) is 0. The average Bonchev–Trinajstić information content (AvgIpc) is 3.14. The first-order chi connectivity index (χ1) is 12.1. The van der Waals surface area contributed by atoms with Crippen LogP contribution in [0.4, 0.5) is 0 Å². The van der Waals surface area contributed by atoms with Crippen molar-refractivity contribution in [3.8, 4) is 0 Å². The van der Waals surface area contributed by atoms with Crippen LogP contribution < -0.4 is 0 Å². The van der Waals surface area contributed by atoms with Gasteiger partial charge in [-0.2, -0.15) is 0 Å². The molecule has 0 N–H and O–H groups in total. The van der Waals surface area contributed by atoms with Crippen molar-refractivity contribution >= 4 is 0 Å². The molecule has 1 atom stereocenters. The predicted molar refractivity (Wildman–Crippen MR) is 103 cm³/mol. The van der Waals surface area contributed by atoms with Crippen molar-refractivity contribution in [3.63, 3.8) is 0 Å². The number of hydrogen-bond donors (Lipinski definition) is 0. The Labute approximate surface area is 153 Å². The fraction of sp³-hybridized carbons (Fsp3) is 0.727. The van der Waals surface area contributed by atoms with E-state index in [1.165, 1.54) is 37.7 Å². The maximum absolute atomic E-state index is 6.29. The molecule has 2 aliphatic rings. The van der Waals surface area contributed by atoms with Crippen molar-refractivity contribution in [1.29, 1.82) is 0 Å². The monoisotopic (exact) mass is 345 g/mol. The summed E-state index contributed by atoms with van der Waals surface area (Å²) in [6, 6.07) is 11.0. The molecule has 0 radical (unpaired) electrons. The Morgan fingerprint density at radius 3 is 2.24 bits per heavy atom. The molecule has 0 aromatic heterocycles. The summed E-state index contributed by atoms with van der Waals surface area (Å²) < 4.78 is 12.6. The van der Waals surface area contributed by atoms with Crippen LogP contribution in [0.2, 0.25) is 0 Å². The summed E-state index contributed by atoms with van der Waals surface area (Å²) >= 11 is 0. The summed E-state index contributed by atoms with van der Waals surface area (Å²) in [6.45, 7) is 3.81. The second-order valence-corrected chi connectivity index (χ2v) is 7.99. The van der Waals surface area contributed by atoms with E-state index >= 15 is 0 Å². The largest absolute Gasteiger partial charge is 0.347 e. The van der Waals surface area contributed by atoms with E-state index in [-0.39, 0.29) is 11.3 Å². The molecular weight excluding hydrogens is 310 g/mol. The molecule has 3 rings (SSSR count). The lowest BCUT2D eigenvalue weighted by Crippen LogP contribution is -2.46. The van der Waals surface area contributed by atoms with E-state index in [1.807, 2.05) is 0 Å². The molecule has 3 heteroatoms. The highest BCUT2D eigenvalue weighted by Crippen LogP contribution is 2.45. The Kier molecular flexibility index (Phi) is 6.19. The standard InChI is InChI=1S/C22H35NO2/c1-4-21(23(2)3,19-11-7-5-8-12-19)15-16-22(24-17-18-25-22)20-13-9-6-10-14-20/h5,7-8,11-12,20H,4,6,9-10,13-18H2,1-3H3. The molecule has 0 amide bonds. The van der Waals surface area contributed by atoms with Crippen LogP contribution in [0.5, 0.6) is 0 Å². The normalized spacial score (nSPS) is 23.7. The predicted octanol–water partition coefficient (Wildman–Crippen LogP) is 4.96. The van der Waals surface area contributed by atoms with E-state index in [0.717, 1.165) is 32.5 Å². The lowest BCUT2D eigenvalue weighted by molar-refractivity contribution is -0.210. The van der Waals surface area contributed by atoms with E-state index in [9.17, 15) is 0 Å². The Bertz CT molecular complexity index is 518. The van der Waals surface area contributed by atoms with Crippen molar-refractivity contribution in [2.24, 2.45) is 5.92 Å². The zero-order chi connectivity index (χ0) is 17.8. The number of rotatable bonds is 7. The molecule has 1 saturated carbocycles. The van der Waals surface area contributed by atoms with Gasteiger partial charge in [0.05, 0.1) is 13.2 Å². The molecule has 1 aromatic carbocycles. The van der Waals surface area contributed by atoms with E-state index in [0.29, 0.717) is 5.92 Å². The number of nitrogens with zero attached hydrogens (tertiary/aromatic N) is 1. The minimum Gasteiger partial charge on any atom is -0.347 e. The van der Waals surface area contributed by atoms with E-state index < -0.39 is 0 Å². The van der Waals surface area contributed by atoms with Crippen molar-refractivity contribution < 1.29 is 9.47 Å². The van der Waals surface area contributed by atoms with Crippen LogP contribution >= 0.6 is 0 Å². The molecule has 1 saturated heterocycles. The SMILES string of the molecule is CCC(CCC1(C2CCCCC2)OCCO1)(c1ccccc1)N(C)C. The molecule has 0 bridgehead atoms. The van der Waals surface area contributed by atoms with Crippen LogP contribution in [0.1, 0.15) is 63.9 Å². The second-order valence-electron chi connectivity index (χ2n) is 7.99. The van der Waals surface area contributed by atoms with Gasteiger partial charge in [0.25, 0.3) is 0 Å². The summed E-state index contributed by atoms with van der Waals surface area (Å²) in [7, 11) is 4.42. The maximum Gasteiger partial charge on any atom is 0.171 e. The summed E-state index contributed by atoms with van der Waals surface area (Å²) in [5.74, 6) is 0.224. The van der Waals surface area contributed by atoms with Crippen molar-refractivity contribution in [2.45, 2.75) is 69.6 Å². The lowest BCUT2D eigenvalue weighted by atomic mass is 9.76. The van der Waals surface area contributed by atoms with Crippen LogP contribution in [-0.2, 0) is 15.0 Å². The Balaban J connectivity index is 1.81. The van der Waals surface area contributed by atoms with E-state index in [4.69, 9.17) is 9.47 Å². The smallest absolute Gasteiger partial charge is 0.171 e. The summed E-state index contributed by atoms with van der Waals surface area (Å²) in [4.78, 5) is 2.39. The molecule has 1 unspecified atom stereocenters. The third kappa shape index (κ3) is 3.79. The van der Waals surface area contributed by atoms with Crippen LogP contribution in [0.15, 0.2) is 30.3 Å². The Hall–Kier alpha value is -0.900. The zero-order valence-electron chi connectivity index (χ0n) is 16.3. The van der Waals surface area contributed by atoms with Gasteiger partial charge < -0.3 is 9.47 Å². The fourth-order valence-electron chi connectivity index (χ4n) is 5.05. The molecule has 2 fully saturated rings. The molecule has 140 valence electrons. The highest BCUT2D eigenvalue weighted by atomic mass is 16.7. The summed E-state index contributed by atoms with van der Waals surface area (Å²) in [5.41, 5.74) is 1.44. The van der Waals surface area contributed by atoms with Crippen LogP contribution in [0, 0.1) is 5.92 Å². The molecule has 1 aromatic rings. The highest BCUT2D eigenvalue weighted by Gasteiger charge is 2.46. The van der Waals surface area contributed by atoms with Gasteiger partial charge in [0.2, 0.25) is 0 Å². The maximum atomic E-state index is 6.29. The van der Waals surface area contributed by atoms with E-state index in [2.05, 4.69) is 56.3 Å². The first-order valence-corrected chi connectivity index (χ1v) is 10.1. The van der Waals surface area contributed by atoms with Gasteiger partial charge in [0, 0.05) is 17.9 Å². The fourth-order valence-corrected chi connectivity index (χ4v) is 5.05. The first-order valence-electron chi connectivity index (χ1n) is 10.1. The van der Waals surface area contributed by atoms with Gasteiger partial charge >= 0.3 is 0 Å². The molecule has 25 heavy (non-hydrogen) atoms. The zero-order valence-corrected chi connectivity index (χ0v) is 16.3. The lowest BCUT2D eigenvalue weighted by Gasteiger charge is -2.44. The number of benzene rings is 1. The Morgan fingerprint density at radius 1 is 1.04 bits per heavy atom. The number of ether oxygens (including phenoxy) is 2. The number of hydrogen-bond acceptors (Lipinski definition) is 3. The average molecular weight is 346 g/mol. The molecule has 3 nitrogen and oxygen atoms in total. The second kappa shape index (κ2) is 8.20. The third-order valence-corrected chi connectivity index (χ3v) is 6.64. The van der Waals surface area contributed by atoms with Gasteiger partial charge in [0.15, 0.2) is 5.79 Å². The minimum atomic E-state index is -0.342.